The summed E-state index contributed by atoms with van der Waals surface area (Å²) in [7, 11) is 0. The lowest BCUT2D eigenvalue weighted by Gasteiger charge is -2.27. The molecule has 2 aliphatic heterocycles. The zero-order valence-corrected chi connectivity index (χ0v) is 38.4. The normalized spacial score (nSPS) is 18.5. The number of aryl methyl sites for hydroxylation is 2. The van der Waals surface area contributed by atoms with Crippen molar-refractivity contribution in [1.82, 2.24) is 52.2 Å². The Bertz CT molecular complexity index is 2780. The number of ether oxygens (including phenoxy) is 1. The lowest BCUT2D eigenvalue weighted by Crippen LogP contribution is -2.59. The van der Waals surface area contributed by atoms with E-state index in [0.29, 0.717) is 25.0 Å². The molecule has 9 rings (SSSR count). The van der Waals surface area contributed by atoms with E-state index in [-0.39, 0.29) is 38.1 Å². The Hall–Kier alpha value is -8.53. The Morgan fingerprint density at radius 2 is 1.20 bits per heavy atom. The standard InChI is InChI=1S/C54H54N10O6/c65-49-35-70-43-24-18-37(19-25-43)21-27-45(52(67)59-46(50-61-63-64-62-50)32-38-12-6-2-7-13-38)57-51(66)44(26-20-36-10-4-1-5-11-36)58-54(69)48(60-53(68)47(56-49)34-40-28-30-55-31-29-40)33-39-16-22-42(23-17-39)41-14-8-3-9-15-41/h1-19,22-25,28-31,44-48H,20-21,26-27,32-35H2,(H,56,65)(H,57,66)(H,58,69)(H,59,67)(H,60,68)(H,61,62,63,64). The molecular formula is C54H54N10O6. The van der Waals surface area contributed by atoms with Crippen LogP contribution in [0.25, 0.3) is 11.1 Å². The van der Waals surface area contributed by atoms with Crippen molar-refractivity contribution in [2.75, 3.05) is 6.61 Å². The molecule has 2 aromatic heterocycles. The van der Waals surface area contributed by atoms with Gasteiger partial charge < -0.3 is 31.3 Å². The molecule has 0 saturated carbocycles. The molecule has 5 amide bonds. The maximum absolute atomic E-state index is 14.8. The van der Waals surface area contributed by atoms with Crippen LogP contribution in [0, 0.1) is 0 Å². The number of fused-ring (bicyclic) bond motifs is 17. The number of pyridine rings is 1. The number of nitrogens with zero attached hydrogens (tertiary/aromatic N) is 4. The third-order valence-electron chi connectivity index (χ3n) is 12.1. The van der Waals surface area contributed by atoms with Crippen molar-refractivity contribution in [3.63, 3.8) is 0 Å². The number of hydrogen-bond donors (Lipinski definition) is 6. The molecule has 356 valence electrons. The Labute approximate surface area is 405 Å². The van der Waals surface area contributed by atoms with E-state index in [2.05, 4.69) is 52.2 Å². The van der Waals surface area contributed by atoms with Crippen LogP contribution >= 0.6 is 0 Å². The molecule has 5 unspecified atom stereocenters. The number of rotatable bonds is 13. The molecule has 0 spiro atoms. The van der Waals surface area contributed by atoms with Gasteiger partial charge in [0, 0.05) is 31.7 Å². The number of amides is 5. The van der Waals surface area contributed by atoms with Gasteiger partial charge in [0.2, 0.25) is 23.6 Å². The summed E-state index contributed by atoms with van der Waals surface area (Å²) in [4.78, 5) is 76.3. The highest BCUT2D eigenvalue weighted by atomic mass is 16.5. The molecule has 0 radical (unpaired) electrons. The second-order valence-electron chi connectivity index (χ2n) is 17.1. The molecule has 6 N–H and O–H groups in total. The fraction of sp³-hybridized carbons (Fsp3) is 0.241. The van der Waals surface area contributed by atoms with Crippen LogP contribution < -0.4 is 31.3 Å². The van der Waals surface area contributed by atoms with Gasteiger partial charge in [0.05, 0.1) is 6.04 Å². The molecule has 5 aromatic carbocycles. The highest BCUT2D eigenvalue weighted by Gasteiger charge is 2.33. The molecule has 2 bridgehead atoms. The van der Waals surface area contributed by atoms with Crippen LogP contribution in [0.1, 0.15) is 52.5 Å². The number of carbonyl (C=O) groups excluding carboxylic acids is 5. The first kappa shape index (κ1) is 47.9. The van der Waals surface area contributed by atoms with Gasteiger partial charge in [-0.1, -0.05) is 133 Å². The summed E-state index contributed by atoms with van der Waals surface area (Å²) in [6.07, 6.45) is 4.73. The number of benzene rings is 5. The van der Waals surface area contributed by atoms with Crippen molar-refractivity contribution in [1.29, 1.82) is 0 Å². The monoisotopic (exact) mass is 938 g/mol. The van der Waals surface area contributed by atoms with Gasteiger partial charge in [0.1, 0.15) is 29.9 Å². The third kappa shape index (κ3) is 13.8. The highest BCUT2D eigenvalue weighted by molar-refractivity contribution is 5.96. The predicted octanol–water partition coefficient (Wildman–Crippen LogP) is 4.74. The Kier molecular flexibility index (Phi) is 16.4. The van der Waals surface area contributed by atoms with Crippen LogP contribution in [0.3, 0.4) is 0 Å². The lowest BCUT2D eigenvalue weighted by atomic mass is 9.98. The SMILES string of the molecule is O=C1COc2ccc(cc2)CCC(C(=O)NC(Cc2ccccc2)c2nn[nH]n2)NC(=O)C(CCc2ccccc2)NC(=O)C(Cc2ccc(-c3ccccc3)cc2)NC(=O)C(Cc2ccncc2)N1. The van der Waals surface area contributed by atoms with Crippen LogP contribution in [0.4, 0.5) is 0 Å². The van der Waals surface area contributed by atoms with E-state index in [1.165, 1.54) is 0 Å². The van der Waals surface area contributed by atoms with Crippen LogP contribution in [0.2, 0.25) is 0 Å². The van der Waals surface area contributed by atoms with Crippen molar-refractivity contribution < 1.29 is 28.7 Å². The number of nitrogens with one attached hydrogen (secondary N) is 6. The summed E-state index contributed by atoms with van der Waals surface area (Å²) in [6.45, 7) is -0.390. The molecule has 70 heavy (non-hydrogen) atoms. The number of aromatic amines is 1. The van der Waals surface area contributed by atoms with E-state index in [1.807, 2.05) is 127 Å². The molecule has 4 heterocycles. The average molecular weight is 939 g/mol. The maximum Gasteiger partial charge on any atom is 0.258 e. The Morgan fingerprint density at radius 1 is 0.614 bits per heavy atom. The topological polar surface area (TPSA) is 222 Å². The van der Waals surface area contributed by atoms with Gasteiger partial charge in [-0.25, -0.2) is 0 Å². The minimum Gasteiger partial charge on any atom is -0.484 e. The number of aromatic nitrogens is 5. The van der Waals surface area contributed by atoms with E-state index in [4.69, 9.17) is 4.74 Å². The Morgan fingerprint density at radius 3 is 1.86 bits per heavy atom. The van der Waals surface area contributed by atoms with Gasteiger partial charge >= 0.3 is 0 Å². The van der Waals surface area contributed by atoms with E-state index in [0.717, 1.165) is 38.9 Å². The van der Waals surface area contributed by atoms with Gasteiger partial charge in [-0.15, -0.1) is 10.2 Å². The fourth-order valence-corrected chi connectivity index (χ4v) is 8.28. The highest BCUT2D eigenvalue weighted by Crippen LogP contribution is 2.21. The van der Waals surface area contributed by atoms with Crippen molar-refractivity contribution >= 4 is 29.5 Å². The van der Waals surface area contributed by atoms with Crippen LogP contribution in [-0.2, 0) is 56.1 Å². The maximum atomic E-state index is 14.8. The first-order valence-electron chi connectivity index (χ1n) is 23.3. The van der Waals surface area contributed by atoms with E-state index in [9.17, 15) is 24.0 Å². The van der Waals surface area contributed by atoms with Gasteiger partial charge in [-0.3, -0.25) is 29.0 Å². The largest absolute Gasteiger partial charge is 0.484 e. The molecule has 0 saturated heterocycles. The van der Waals surface area contributed by atoms with E-state index >= 15 is 0 Å². The van der Waals surface area contributed by atoms with E-state index in [1.54, 1.807) is 36.7 Å². The van der Waals surface area contributed by atoms with Gasteiger partial charge in [0.25, 0.3) is 5.91 Å². The van der Waals surface area contributed by atoms with Crippen molar-refractivity contribution in [2.24, 2.45) is 0 Å². The summed E-state index contributed by atoms with van der Waals surface area (Å²) in [5.74, 6) is -2.24. The summed E-state index contributed by atoms with van der Waals surface area (Å²) < 4.78 is 5.86. The second kappa shape index (κ2) is 24.0. The van der Waals surface area contributed by atoms with Gasteiger partial charge in [0.15, 0.2) is 12.4 Å². The first-order chi connectivity index (χ1) is 34.2. The van der Waals surface area contributed by atoms with Crippen molar-refractivity contribution in [2.45, 2.75) is 75.2 Å². The smallest absolute Gasteiger partial charge is 0.258 e. The molecular weight excluding hydrogens is 885 g/mol. The fourth-order valence-electron chi connectivity index (χ4n) is 8.28. The number of carbonyl (C=O) groups is 5. The molecule has 2 aliphatic rings. The third-order valence-corrected chi connectivity index (χ3v) is 12.1. The molecule has 16 heteroatoms. The average Bonchev–Trinajstić information content (AvgIpc) is 3.94. The zero-order valence-electron chi connectivity index (χ0n) is 38.4. The summed E-state index contributed by atoms with van der Waals surface area (Å²) in [6, 6.07) is 41.9. The summed E-state index contributed by atoms with van der Waals surface area (Å²) in [5, 5.41) is 29.3. The zero-order chi connectivity index (χ0) is 48.5. The first-order valence-corrected chi connectivity index (χ1v) is 23.3. The van der Waals surface area contributed by atoms with Gasteiger partial charge in [-0.05, 0) is 88.9 Å². The molecule has 0 fully saturated rings. The Balaban J connectivity index is 1.12. The van der Waals surface area contributed by atoms with E-state index < -0.39 is 59.7 Å². The quantitative estimate of drug-likeness (QED) is 0.0872. The predicted molar refractivity (Wildman–Crippen MR) is 261 cm³/mol. The minimum absolute atomic E-state index is 0.0399. The second-order valence-corrected chi connectivity index (χ2v) is 17.1. The molecule has 5 atom stereocenters. The number of H-pyrrole nitrogens is 1. The molecule has 7 aromatic rings. The van der Waals surface area contributed by atoms with Crippen molar-refractivity contribution in [3.05, 3.63) is 198 Å². The van der Waals surface area contributed by atoms with Gasteiger partial charge in [-0.2, -0.15) is 5.21 Å². The van der Waals surface area contributed by atoms with Crippen LogP contribution in [0.15, 0.2) is 164 Å². The number of tetrazole rings is 1. The molecule has 0 aliphatic carbocycles. The number of hydrogen-bond acceptors (Lipinski definition) is 10. The lowest BCUT2D eigenvalue weighted by molar-refractivity contribution is -0.135. The molecule has 16 nitrogen and oxygen atoms in total. The summed E-state index contributed by atoms with van der Waals surface area (Å²) in [5.41, 5.74) is 6.11. The summed E-state index contributed by atoms with van der Waals surface area (Å²) >= 11 is 0. The van der Waals surface area contributed by atoms with Crippen LogP contribution in [0.5, 0.6) is 5.75 Å². The van der Waals surface area contributed by atoms with Crippen LogP contribution in [-0.4, -0.2) is 85.9 Å². The minimum atomic E-state index is -1.22. The van der Waals surface area contributed by atoms with Crippen molar-refractivity contribution in [3.8, 4) is 16.9 Å².